The third kappa shape index (κ3) is 4.40. The number of carbonyl (C=O) groups is 1. The molecule has 28 heavy (non-hydrogen) atoms. The van der Waals surface area contributed by atoms with Gasteiger partial charge >= 0.3 is 0 Å². The molecule has 2 heterocycles. The average molecular weight is 417 g/mol. The number of aromatic nitrogens is 3. The summed E-state index contributed by atoms with van der Waals surface area (Å²) in [6.45, 7) is 1.27. The molecule has 0 aliphatic carbocycles. The van der Waals surface area contributed by atoms with Gasteiger partial charge in [-0.1, -0.05) is 11.6 Å². The highest BCUT2D eigenvalue weighted by molar-refractivity contribution is 8.00. The van der Waals surface area contributed by atoms with Crippen LogP contribution in [0.5, 0.6) is 11.5 Å². The fourth-order valence-electron chi connectivity index (χ4n) is 2.71. The molecular formula is C19H17ClN4O3S. The maximum atomic E-state index is 12.5. The van der Waals surface area contributed by atoms with E-state index in [-0.39, 0.29) is 11.7 Å². The largest absolute Gasteiger partial charge is 0.490 e. The van der Waals surface area contributed by atoms with E-state index in [4.69, 9.17) is 21.1 Å². The van der Waals surface area contributed by atoms with Gasteiger partial charge in [0.25, 0.3) is 0 Å². The predicted molar refractivity (Wildman–Crippen MR) is 108 cm³/mol. The minimum Gasteiger partial charge on any atom is -0.490 e. The van der Waals surface area contributed by atoms with Gasteiger partial charge < -0.3 is 14.8 Å². The summed E-state index contributed by atoms with van der Waals surface area (Å²) in [7, 11) is 0. The van der Waals surface area contributed by atoms with E-state index in [0.717, 1.165) is 17.1 Å². The number of halogens is 1. The van der Waals surface area contributed by atoms with Crippen LogP contribution in [0.15, 0.2) is 53.9 Å². The van der Waals surface area contributed by atoms with Gasteiger partial charge in [0, 0.05) is 16.3 Å². The summed E-state index contributed by atoms with van der Waals surface area (Å²) in [6, 6.07) is 10.9. The number of benzene rings is 2. The normalized spacial score (nSPS) is 13.0. The van der Waals surface area contributed by atoms with E-state index in [0.29, 0.717) is 35.4 Å². The molecule has 0 saturated heterocycles. The number of nitrogens with one attached hydrogen (secondary N) is 1. The molecule has 3 aromatic rings. The average Bonchev–Trinajstić information content (AvgIpc) is 3.11. The number of hydrogen-bond donors (Lipinski definition) is 1. The molecular weight excluding hydrogens is 400 g/mol. The van der Waals surface area contributed by atoms with E-state index in [9.17, 15) is 4.79 Å². The van der Waals surface area contributed by atoms with Gasteiger partial charge in [0.15, 0.2) is 11.5 Å². The maximum Gasteiger partial charge on any atom is 0.234 e. The van der Waals surface area contributed by atoms with E-state index in [1.165, 1.54) is 18.1 Å². The van der Waals surface area contributed by atoms with Crippen molar-refractivity contribution < 1.29 is 14.3 Å². The molecule has 9 heteroatoms. The van der Waals surface area contributed by atoms with Crippen molar-refractivity contribution >= 4 is 35.0 Å². The molecule has 0 spiro atoms. The second-order valence-corrected chi connectivity index (χ2v) is 7.48. The molecule has 2 aromatic carbocycles. The number of fused-ring (bicyclic) bond motifs is 1. The van der Waals surface area contributed by atoms with Crippen molar-refractivity contribution in [3.8, 4) is 17.2 Å². The smallest absolute Gasteiger partial charge is 0.234 e. The predicted octanol–water partition coefficient (Wildman–Crippen LogP) is 3.81. The van der Waals surface area contributed by atoms with Gasteiger partial charge in [0.2, 0.25) is 5.91 Å². The zero-order chi connectivity index (χ0) is 19.3. The van der Waals surface area contributed by atoms with Crippen LogP contribution >= 0.6 is 23.4 Å². The van der Waals surface area contributed by atoms with Crippen LogP contribution < -0.4 is 14.8 Å². The molecule has 1 N–H and O–H groups in total. The zero-order valence-corrected chi connectivity index (χ0v) is 16.4. The van der Waals surface area contributed by atoms with Crippen LogP contribution in [0, 0.1) is 0 Å². The number of nitrogens with zero attached hydrogens (tertiary/aromatic N) is 3. The minimum absolute atomic E-state index is 0.152. The van der Waals surface area contributed by atoms with E-state index in [2.05, 4.69) is 15.4 Å². The first-order valence-electron chi connectivity index (χ1n) is 8.66. The Morgan fingerprint density at radius 2 is 2.04 bits per heavy atom. The third-order valence-electron chi connectivity index (χ3n) is 3.99. The van der Waals surface area contributed by atoms with Crippen molar-refractivity contribution in [2.24, 2.45) is 0 Å². The van der Waals surface area contributed by atoms with Crippen LogP contribution in [0.4, 0.5) is 5.69 Å². The second-order valence-electron chi connectivity index (χ2n) is 6.00. The van der Waals surface area contributed by atoms with E-state index >= 15 is 0 Å². The zero-order valence-electron chi connectivity index (χ0n) is 14.8. The lowest BCUT2D eigenvalue weighted by molar-refractivity contribution is -0.113. The van der Waals surface area contributed by atoms with Crippen LogP contribution in [-0.4, -0.2) is 39.6 Å². The summed E-state index contributed by atoms with van der Waals surface area (Å²) >= 11 is 7.51. The Morgan fingerprint density at radius 3 is 2.86 bits per heavy atom. The molecule has 0 radical (unpaired) electrons. The van der Waals surface area contributed by atoms with Gasteiger partial charge in [-0.05, 0) is 36.4 Å². The van der Waals surface area contributed by atoms with Crippen molar-refractivity contribution in [1.82, 2.24) is 14.8 Å². The quantitative estimate of drug-likeness (QED) is 0.637. The summed E-state index contributed by atoms with van der Waals surface area (Å²) in [5.74, 6) is 1.54. The van der Waals surface area contributed by atoms with Crippen molar-refractivity contribution in [2.45, 2.75) is 11.3 Å². The van der Waals surface area contributed by atoms with Gasteiger partial charge in [-0.2, -0.15) is 5.10 Å². The summed E-state index contributed by atoms with van der Waals surface area (Å²) in [4.78, 5) is 17.4. The lowest BCUT2D eigenvalue weighted by Crippen LogP contribution is -2.16. The Labute approximate surface area is 171 Å². The van der Waals surface area contributed by atoms with Crippen LogP contribution in [0.3, 0.4) is 0 Å². The van der Waals surface area contributed by atoms with Crippen LogP contribution in [0.25, 0.3) is 5.69 Å². The number of ether oxygens (including phenoxy) is 2. The Morgan fingerprint density at radius 1 is 1.18 bits per heavy atom. The van der Waals surface area contributed by atoms with Gasteiger partial charge in [0.1, 0.15) is 12.7 Å². The lowest BCUT2D eigenvalue weighted by Gasteiger charge is -2.12. The van der Waals surface area contributed by atoms with Crippen LogP contribution in [-0.2, 0) is 4.79 Å². The molecule has 7 nitrogen and oxygen atoms in total. The van der Waals surface area contributed by atoms with Gasteiger partial charge in [0.05, 0.1) is 30.3 Å². The Balaban J connectivity index is 1.43. The Hall–Kier alpha value is -2.71. The SMILES string of the molecule is O=C(CSc1ccc2c(c1)OCCCO2)Nc1cc(Cl)ccc1-n1cncn1. The van der Waals surface area contributed by atoms with Crippen molar-refractivity contribution in [3.05, 3.63) is 54.1 Å². The highest BCUT2D eigenvalue weighted by Crippen LogP contribution is 2.34. The lowest BCUT2D eigenvalue weighted by atomic mass is 10.2. The van der Waals surface area contributed by atoms with E-state index in [1.54, 1.807) is 29.2 Å². The Kier molecular flexibility index (Phi) is 5.68. The Bertz CT molecular complexity index is 981. The molecule has 0 bridgehead atoms. The molecule has 1 amide bonds. The molecule has 1 aliphatic heterocycles. The van der Waals surface area contributed by atoms with E-state index < -0.39 is 0 Å². The molecule has 0 fully saturated rings. The monoisotopic (exact) mass is 416 g/mol. The van der Waals surface area contributed by atoms with Crippen molar-refractivity contribution in [2.75, 3.05) is 24.3 Å². The first-order valence-corrected chi connectivity index (χ1v) is 10.0. The molecule has 0 saturated carbocycles. The van der Waals surface area contributed by atoms with Gasteiger partial charge in [-0.15, -0.1) is 11.8 Å². The van der Waals surface area contributed by atoms with Crippen LogP contribution in [0.2, 0.25) is 5.02 Å². The number of hydrogen-bond acceptors (Lipinski definition) is 6. The molecule has 0 unspecified atom stereocenters. The number of thioether (sulfide) groups is 1. The molecule has 1 aromatic heterocycles. The number of carbonyl (C=O) groups excluding carboxylic acids is 1. The highest BCUT2D eigenvalue weighted by atomic mass is 35.5. The fraction of sp³-hybridized carbons (Fsp3) is 0.211. The summed E-state index contributed by atoms with van der Waals surface area (Å²) in [6.07, 6.45) is 3.85. The molecule has 4 rings (SSSR count). The standard InChI is InChI=1S/C19H17ClN4O3S/c20-13-2-4-16(24-12-21-11-22-24)15(8-13)23-19(25)10-28-14-3-5-17-18(9-14)27-7-1-6-26-17/h2-5,8-9,11-12H,1,6-7,10H2,(H,23,25). The fourth-order valence-corrected chi connectivity index (χ4v) is 3.61. The topological polar surface area (TPSA) is 78.3 Å². The number of anilines is 1. The summed E-state index contributed by atoms with van der Waals surface area (Å²) < 4.78 is 12.9. The van der Waals surface area contributed by atoms with Gasteiger partial charge in [-0.3, -0.25) is 4.79 Å². The molecule has 144 valence electrons. The van der Waals surface area contributed by atoms with E-state index in [1.807, 2.05) is 18.2 Å². The van der Waals surface area contributed by atoms with Crippen molar-refractivity contribution in [1.29, 1.82) is 0 Å². The maximum absolute atomic E-state index is 12.5. The van der Waals surface area contributed by atoms with Gasteiger partial charge in [-0.25, -0.2) is 9.67 Å². The number of amides is 1. The first-order chi connectivity index (χ1) is 13.7. The van der Waals surface area contributed by atoms with Crippen LogP contribution in [0.1, 0.15) is 6.42 Å². The third-order valence-corrected chi connectivity index (χ3v) is 5.22. The first kappa shape index (κ1) is 18.6. The summed E-state index contributed by atoms with van der Waals surface area (Å²) in [5.41, 5.74) is 1.26. The highest BCUT2D eigenvalue weighted by Gasteiger charge is 2.13. The second kappa shape index (κ2) is 8.53. The minimum atomic E-state index is -0.152. The number of rotatable bonds is 5. The van der Waals surface area contributed by atoms with Crippen molar-refractivity contribution in [3.63, 3.8) is 0 Å². The molecule has 1 aliphatic rings. The molecule has 0 atom stereocenters. The summed E-state index contributed by atoms with van der Waals surface area (Å²) in [5, 5.41) is 7.52.